The Morgan fingerprint density at radius 3 is 2.68 bits per heavy atom. The second-order valence-corrected chi connectivity index (χ2v) is 6.18. The van der Waals surface area contributed by atoms with Crippen LogP contribution in [0.4, 0.5) is 5.69 Å². The van der Waals surface area contributed by atoms with Crippen LogP contribution in [-0.4, -0.2) is 27.4 Å². The van der Waals surface area contributed by atoms with Gasteiger partial charge in [0.2, 0.25) is 5.91 Å². The number of hydrogen-bond acceptors (Lipinski definition) is 4. The summed E-state index contributed by atoms with van der Waals surface area (Å²) in [6.07, 6.45) is 3.15. The molecule has 0 unspecified atom stereocenters. The van der Waals surface area contributed by atoms with Gasteiger partial charge in [-0.25, -0.2) is 4.98 Å². The predicted molar refractivity (Wildman–Crippen MR) is 100 cm³/mol. The number of nitrogens with one attached hydrogen (secondary N) is 2. The normalized spacial score (nSPS) is 11.6. The molecule has 25 heavy (non-hydrogen) atoms. The Morgan fingerprint density at radius 1 is 1.24 bits per heavy atom. The molecule has 0 radical (unpaired) electrons. The monoisotopic (exact) mass is 337 g/mol. The number of nitrogens with zero attached hydrogens (tertiary/aromatic N) is 2. The van der Waals surface area contributed by atoms with Gasteiger partial charge in [0.15, 0.2) is 5.82 Å². The zero-order valence-corrected chi connectivity index (χ0v) is 14.5. The number of pyridine rings is 1. The Kier molecular flexibility index (Phi) is 4.81. The number of fused-ring (bicyclic) bond motifs is 1. The van der Waals surface area contributed by atoms with Crippen molar-refractivity contribution >= 4 is 22.6 Å². The predicted octanol–water partition coefficient (Wildman–Crippen LogP) is 3.33. The fourth-order valence-electron chi connectivity index (χ4n) is 2.93. The van der Waals surface area contributed by atoms with E-state index in [-0.39, 0.29) is 5.91 Å². The molecule has 4 N–H and O–H groups in total. The third kappa shape index (κ3) is 3.25. The molecule has 6 heteroatoms. The number of imidazole rings is 1. The van der Waals surface area contributed by atoms with E-state index in [0.717, 1.165) is 22.4 Å². The Balaban J connectivity index is 1.88. The molecule has 2 heterocycles. The standard InChI is InChI=1S/C19H23N5O/c1-3-19(4-2,12-20)18(25)22-13-8-9-14-16(11-13)24-17(23-14)15-7-5-6-10-21-15/h5-11H,3-4,12,20H2,1-2H3,(H,22,25)(H,23,24). The number of hydrogen-bond donors (Lipinski definition) is 3. The first-order valence-electron chi connectivity index (χ1n) is 8.54. The van der Waals surface area contributed by atoms with Crippen molar-refractivity contribution in [3.05, 3.63) is 42.6 Å². The van der Waals surface area contributed by atoms with Gasteiger partial charge in [-0.1, -0.05) is 19.9 Å². The minimum atomic E-state index is -0.526. The zero-order valence-electron chi connectivity index (χ0n) is 14.5. The van der Waals surface area contributed by atoms with Crippen LogP contribution in [0.2, 0.25) is 0 Å². The fraction of sp³-hybridized carbons (Fsp3) is 0.316. The van der Waals surface area contributed by atoms with Crippen LogP contribution in [0.25, 0.3) is 22.6 Å². The van der Waals surface area contributed by atoms with Crippen LogP contribution in [0.5, 0.6) is 0 Å². The average molecular weight is 337 g/mol. The molecule has 0 atom stereocenters. The summed E-state index contributed by atoms with van der Waals surface area (Å²) in [4.78, 5) is 24.8. The van der Waals surface area contributed by atoms with E-state index in [0.29, 0.717) is 25.2 Å². The maximum atomic E-state index is 12.7. The molecule has 0 saturated carbocycles. The number of nitrogens with two attached hydrogens (primary N) is 1. The first-order valence-corrected chi connectivity index (χ1v) is 8.54. The van der Waals surface area contributed by atoms with Crippen LogP contribution in [0.15, 0.2) is 42.6 Å². The van der Waals surface area contributed by atoms with E-state index in [1.807, 2.05) is 50.2 Å². The van der Waals surface area contributed by atoms with Crippen LogP contribution in [0.3, 0.4) is 0 Å². The van der Waals surface area contributed by atoms with Crippen LogP contribution >= 0.6 is 0 Å². The molecular formula is C19H23N5O. The number of anilines is 1. The van der Waals surface area contributed by atoms with Crippen molar-refractivity contribution in [1.29, 1.82) is 0 Å². The molecule has 1 aromatic carbocycles. The van der Waals surface area contributed by atoms with E-state index in [2.05, 4.69) is 20.3 Å². The summed E-state index contributed by atoms with van der Waals surface area (Å²) in [6, 6.07) is 11.3. The Bertz CT molecular complexity index is 860. The minimum absolute atomic E-state index is 0.0381. The number of H-pyrrole nitrogens is 1. The quantitative estimate of drug-likeness (QED) is 0.643. The molecule has 0 bridgehead atoms. The van der Waals surface area contributed by atoms with Crippen molar-refractivity contribution < 1.29 is 4.79 Å². The molecule has 130 valence electrons. The van der Waals surface area contributed by atoms with Gasteiger partial charge in [0, 0.05) is 18.4 Å². The van der Waals surface area contributed by atoms with Crippen molar-refractivity contribution in [1.82, 2.24) is 15.0 Å². The first-order chi connectivity index (χ1) is 12.1. The van der Waals surface area contributed by atoms with E-state index >= 15 is 0 Å². The number of carbonyl (C=O) groups is 1. The number of rotatable bonds is 6. The second-order valence-electron chi connectivity index (χ2n) is 6.18. The van der Waals surface area contributed by atoms with Gasteiger partial charge in [-0.2, -0.15) is 0 Å². The van der Waals surface area contributed by atoms with Gasteiger partial charge < -0.3 is 16.0 Å². The highest BCUT2D eigenvalue weighted by Crippen LogP contribution is 2.28. The Labute approximate surface area is 146 Å². The number of amides is 1. The van der Waals surface area contributed by atoms with Crippen molar-refractivity contribution in [3.8, 4) is 11.5 Å². The third-order valence-corrected chi connectivity index (χ3v) is 4.87. The van der Waals surface area contributed by atoms with E-state index < -0.39 is 5.41 Å². The van der Waals surface area contributed by atoms with Gasteiger partial charge in [-0.3, -0.25) is 9.78 Å². The maximum absolute atomic E-state index is 12.7. The van der Waals surface area contributed by atoms with E-state index in [1.165, 1.54) is 0 Å². The fourth-order valence-corrected chi connectivity index (χ4v) is 2.93. The summed E-state index contributed by atoms with van der Waals surface area (Å²) < 4.78 is 0. The van der Waals surface area contributed by atoms with Crippen molar-refractivity contribution in [2.24, 2.45) is 11.1 Å². The van der Waals surface area contributed by atoms with Crippen LogP contribution in [-0.2, 0) is 4.79 Å². The number of carbonyl (C=O) groups excluding carboxylic acids is 1. The molecule has 0 aliphatic rings. The summed E-state index contributed by atoms with van der Waals surface area (Å²) in [5.41, 5.74) is 8.52. The summed E-state index contributed by atoms with van der Waals surface area (Å²) in [7, 11) is 0. The lowest BCUT2D eigenvalue weighted by Gasteiger charge is -2.28. The SMILES string of the molecule is CCC(CC)(CN)C(=O)Nc1ccc2nc(-c3ccccn3)[nH]c2c1. The van der Waals surface area contributed by atoms with Gasteiger partial charge in [0.05, 0.1) is 16.4 Å². The topological polar surface area (TPSA) is 96.7 Å². The number of aromatic nitrogens is 3. The van der Waals surface area contributed by atoms with E-state index in [9.17, 15) is 4.79 Å². The highest BCUT2D eigenvalue weighted by Gasteiger charge is 2.33. The molecule has 0 aliphatic carbocycles. The Hall–Kier alpha value is -2.73. The highest BCUT2D eigenvalue weighted by atomic mass is 16.2. The molecule has 0 aliphatic heterocycles. The van der Waals surface area contributed by atoms with Crippen molar-refractivity contribution in [3.63, 3.8) is 0 Å². The zero-order chi connectivity index (χ0) is 17.9. The van der Waals surface area contributed by atoms with E-state index in [1.54, 1.807) is 6.20 Å². The first kappa shape index (κ1) is 17.1. The Morgan fingerprint density at radius 2 is 2.04 bits per heavy atom. The van der Waals surface area contributed by atoms with Crippen LogP contribution < -0.4 is 11.1 Å². The van der Waals surface area contributed by atoms with Gasteiger partial charge in [0.25, 0.3) is 0 Å². The third-order valence-electron chi connectivity index (χ3n) is 4.87. The summed E-state index contributed by atoms with van der Waals surface area (Å²) in [5, 5.41) is 2.99. The molecule has 3 aromatic rings. The summed E-state index contributed by atoms with van der Waals surface area (Å²) >= 11 is 0. The minimum Gasteiger partial charge on any atom is -0.337 e. The van der Waals surface area contributed by atoms with Gasteiger partial charge >= 0.3 is 0 Å². The lowest BCUT2D eigenvalue weighted by Crippen LogP contribution is -2.41. The largest absolute Gasteiger partial charge is 0.337 e. The second kappa shape index (κ2) is 7.03. The molecular weight excluding hydrogens is 314 g/mol. The number of aromatic amines is 1. The molecule has 0 saturated heterocycles. The molecule has 6 nitrogen and oxygen atoms in total. The average Bonchev–Trinajstić information content (AvgIpc) is 3.08. The molecule has 1 amide bonds. The van der Waals surface area contributed by atoms with Crippen molar-refractivity contribution in [2.75, 3.05) is 11.9 Å². The maximum Gasteiger partial charge on any atom is 0.231 e. The van der Waals surface area contributed by atoms with Crippen LogP contribution in [0, 0.1) is 5.41 Å². The summed E-state index contributed by atoms with van der Waals surface area (Å²) in [5.74, 6) is 0.668. The van der Waals surface area contributed by atoms with E-state index in [4.69, 9.17) is 5.73 Å². The lowest BCUT2D eigenvalue weighted by molar-refractivity contribution is -0.125. The molecule has 0 fully saturated rings. The van der Waals surface area contributed by atoms with Gasteiger partial charge in [-0.15, -0.1) is 0 Å². The highest BCUT2D eigenvalue weighted by molar-refractivity contribution is 5.97. The van der Waals surface area contributed by atoms with Crippen molar-refractivity contribution in [2.45, 2.75) is 26.7 Å². The molecule has 0 spiro atoms. The van der Waals surface area contributed by atoms with Gasteiger partial charge in [0.1, 0.15) is 5.69 Å². The van der Waals surface area contributed by atoms with Crippen LogP contribution in [0.1, 0.15) is 26.7 Å². The molecule has 3 rings (SSSR count). The number of benzene rings is 1. The van der Waals surface area contributed by atoms with Gasteiger partial charge in [-0.05, 0) is 43.2 Å². The smallest absolute Gasteiger partial charge is 0.231 e. The summed E-state index contributed by atoms with van der Waals surface area (Å²) in [6.45, 7) is 4.32. The molecule has 2 aromatic heterocycles. The lowest BCUT2D eigenvalue weighted by atomic mass is 9.81.